The van der Waals surface area contributed by atoms with Crippen molar-refractivity contribution >= 4 is 19.8 Å². The predicted octanol–water partition coefficient (Wildman–Crippen LogP) is 13.1. The van der Waals surface area contributed by atoms with Crippen LogP contribution < -0.4 is 0 Å². The third-order valence-corrected chi connectivity index (χ3v) is 12.2. The van der Waals surface area contributed by atoms with E-state index in [1.165, 1.54) is 128 Å². The Morgan fingerprint density at radius 3 is 1.61 bits per heavy atom. The lowest BCUT2D eigenvalue weighted by molar-refractivity contribution is -0.870. The Kier molecular flexibility index (Phi) is 35.2. The minimum absolute atomic E-state index is 0.0296. The Morgan fingerprint density at radius 2 is 1.08 bits per heavy atom. The number of unbranched alkanes of at least 4 members (excludes halogenated alkanes) is 25. The van der Waals surface area contributed by atoms with Crippen LogP contribution in [0.15, 0.2) is 12.2 Å². The van der Waals surface area contributed by atoms with E-state index < -0.39 is 26.5 Å². The molecule has 0 bridgehead atoms. The van der Waals surface area contributed by atoms with E-state index in [0.29, 0.717) is 29.7 Å². The number of esters is 2. The molecular weight excluding hydrogens is 765 g/mol. The molecule has 348 valence electrons. The number of epoxide rings is 1. The van der Waals surface area contributed by atoms with Crippen LogP contribution in [0.5, 0.6) is 0 Å². The van der Waals surface area contributed by atoms with Crippen LogP contribution >= 0.6 is 7.82 Å². The second kappa shape index (κ2) is 37.3. The summed E-state index contributed by atoms with van der Waals surface area (Å²) in [7, 11) is 1.47. The smallest absolute Gasteiger partial charge is 0.462 e. The Labute approximate surface area is 362 Å². The highest BCUT2D eigenvalue weighted by molar-refractivity contribution is 7.47. The minimum atomic E-state index is -4.38. The van der Waals surface area contributed by atoms with Gasteiger partial charge in [-0.15, -0.1) is 0 Å². The molecule has 4 atom stereocenters. The second-order valence-corrected chi connectivity index (χ2v) is 19.7. The quantitative estimate of drug-likeness (QED) is 0.0159. The third-order valence-electron chi connectivity index (χ3n) is 11.2. The molecule has 0 saturated carbocycles. The van der Waals surface area contributed by atoms with Gasteiger partial charge in [0.25, 0.3) is 0 Å². The van der Waals surface area contributed by atoms with Gasteiger partial charge in [0, 0.05) is 12.8 Å². The first kappa shape index (κ1) is 55.7. The molecule has 0 aliphatic carbocycles. The van der Waals surface area contributed by atoms with Gasteiger partial charge in [-0.25, -0.2) is 4.57 Å². The van der Waals surface area contributed by atoms with Gasteiger partial charge in [-0.2, -0.15) is 0 Å². The first-order valence-corrected chi connectivity index (χ1v) is 26.0. The van der Waals surface area contributed by atoms with Gasteiger partial charge in [0.1, 0.15) is 19.8 Å². The van der Waals surface area contributed by atoms with Crippen molar-refractivity contribution < 1.29 is 46.8 Å². The number of ether oxygens (including phenoxy) is 3. The molecule has 0 amide bonds. The molecule has 10 nitrogen and oxygen atoms in total. The highest BCUT2D eigenvalue weighted by atomic mass is 31.2. The van der Waals surface area contributed by atoms with Crippen LogP contribution in [-0.4, -0.2) is 87.1 Å². The number of likely N-dealkylation sites (N-methyl/N-ethyl adjacent to an activating group) is 1. The number of allylic oxidation sites excluding steroid dienone is 1. The third kappa shape index (κ3) is 38.1. The summed E-state index contributed by atoms with van der Waals surface area (Å²) in [5.74, 6) is -0.810. The molecule has 0 aromatic heterocycles. The van der Waals surface area contributed by atoms with Gasteiger partial charge in [0.05, 0.1) is 40.0 Å². The second-order valence-electron chi connectivity index (χ2n) is 18.2. The van der Waals surface area contributed by atoms with Gasteiger partial charge < -0.3 is 23.6 Å². The van der Waals surface area contributed by atoms with Crippen molar-refractivity contribution in [3.8, 4) is 0 Å². The van der Waals surface area contributed by atoms with Crippen molar-refractivity contribution in [2.45, 2.75) is 238 Å². The minimum Gasteiger partial charge on any atom is -0.462 e. The summed E-state index contributed by atoms with van der Waals surface area (Å²) in [5.41, 5.74) is 0. The zero-order chi connectivity index (χ0) is 43.3. The number of hydrogen-bond donors (Lipinski definition) is 1. The number of carbonyl (C=O) groups is 2. The van der Waals surface area contributed by atoms with Gasteiger partial charge in [-0.1, -0.05) is 180 Å². The highest BCUT2D eigenvalue weighted by Crippen LogP contribution is 2.43. The zero-order valence-electron chi connectivity index (χ0n) is 39.0. The molecule has 1 fully saturated rings. The first-order chi connectivity index (χ1) is 28.5. The number of nitrogens with zero attached hydrogens (tertiary/aromatic N) is 1. The van der Waals surface area contributed by atoms with Gasteiger partial charge in [0.2, 0.25) is 0 Å². The van der Waals surface area contributed by atoms with Crippen molar-refractivity contribution in [1.29, 1.82) is 0 Å². The van der Waals surface area contributed by atoms with Gasteiger partial charge >= 0.3 is 19.8 Å². The van der Waals surface area contributed by atoms with Crippen LogP contribution in [0, 0.1) is 0 Å². The fraction of sp³-hybridized carbons (Fsp3) is 0.917. The molecule has 0 radical (unpaired) electrons. The lowest BCUT2D eigenvalue weighted by Gasteiger charge is -2.24. The van der Waals surface area contributed by atoms with Crippen molar-refractivity contribution in [2.75, 3.05) is 47.5 Å². The molecule has 0 spiro atoms. The predicted molar refractivity (Wildman–Crippen MR) is 242 cm³/mol. The van der Waals surface area contributed by atoms with Crippen LogP contribution in [0.3, 0.4) is 0 Å². The van der Waals surface area contributed by atoms with Crippen molar-refractivity contribution in [1.82, 2.24) is 0 Å². The summed E-state index contributed by atoms with van der Waals surface area (Å²) >= 11 is 0. The lowest BCUT2D eigenvalue weighted by atomic mass is 10.0. The monoisotopic (exact) mass is 859 g/mol. The Hall–Kier alpha value is -1.29. The van der Waals surface area contributed by atoms with Crippen molar-refractivity contribution in [3.63, 3.8) is 0 Å². The lowest BCUT2D eigenvalue weighted by Crippen LogP contribution is -2.37. The molecule has 11 heteroatoms. The number of phosphoric ester groups is 1. The average Bonchev–Trinajstić information content (AvgIpc) is 3.94. The zero-order valence-corrected chi connectivity index (χ0v) is 39.8. The Morgan fingerprint density at radius 1 is 0.610 bits per heavy atom. The van der Waals surface area contributed by atoms with E-state index in [0.717, 1.165) is 57.8 Å². The van der Waals surface area contributed by atoms with Crippen LogP contribution in [0.1, 0.15) is 219 Å². The van der Waals surface area contributed by atoms with Crippen molar-refractivity contribution in [3.05, 3.63) is 12.2 Å². The number of hydrogen-bond acceptors (Lipinski definition) is 8. The van der Waals surface area contributed by atoms with Crippen LogP contribution in [0.2, 0.25) is 0 Å². The average molecular weight is 859 g/mol. The fourth-order valence-electron chi connectivity index (χ4n) is 7.26. The van der Waals surface area contributed by atoms with E-state index in [-0.39, 0.29) is 32.0 Å². The summed E-state index contributed by atoms with van der Waals surface area (Å²) < 4.78 is 40.2. The first-order valence-electron chi connectivity index (χ1n) is 24.5. The fourth-order valence-corrected chi connectivity index (χ4v) is 8.00. The van der Waals surface area contributed by atoms with E-state index in [1.807, 2.05) is 21.1 Å². The molecule has 1 saturated heterocycles. The largest absolute Gasteiger partial charge is 0.472 e. The SMILES string of the molecule is CCCCC/C=C\CC1OC1CCCCCCCC(=O)OC[C@H](COP(=O)(O)OCC[N+](C)(C)C)OC(=O)CCCCCCCCCCCCCCCCCCCCC. The topological polar surface area (TPSA) is 121 Å². The molecule has 1 heterocycles. The number of carbonyl (C=O) groups excluding carboxylic acids is 2. The maximum atomic E-state index is 12.7. The molecule has 1 N–H and O–H groups in total. The van der Waals surface area contributed by atoms with Crippen LogP contribution in [0.25, 0.3) is 0 Å². The van der Waals surface area contributed by atoms with E-state index >= 15 is 0 Å². The number of phosphoric acid groups is 1. The van der Waals surface area contributed by atoms with E-state index in [2.05, 4.69) is 26.0 Å². The normalized spacial score (nSPS) is 17.0. The maximum absolute atomic E-state index is 12.7. The summed E-state index contributed by atoms with van der Waals surface area (Å²) in [4.78, 5) is 35.5. The van der Waals surface area contributed by atoms with Gasteiger partial charge in [-0.05, 0) is 38.5 Å². The molecule has 1 aliphatic heterocycles. The number of rotatable bonds is 44. The Bertz CT molecular complexity index is 1080. The highest BCUT2D eigenvalue weighted by Gasteiger charge is 2.36. The Balaban J connectivity index is 2.22. The van der Waals surface area contributed by atoms with Gasteiger partial charge in [0.15, 0.2) is 6.10 Å². The standard InChI is InChI=1S/C48H92NO9P/c1-6-8-10-12-14-15-16-17-18-19-20-21-22-23-24-25-26-30-35-39-48(51)57-44(43-56-59(52,53)55-41-40-49(3,4)5)42-54-47(50)38-34-31-27-29-33-37-46-45(58-46)36-32-28-13-11-9-7-2/h28,32,44-46H,6-27,29-31,33-43H2,1-5H3/p+1/b32-28-/t44-,45?,46?/m1/s1. The molecule has 59 heavy (non-hydrogen) atoms. The maximum Gasteiger partial charge on any atom is 0.472 e. The van der Waals surface area contributed by atoms with Crippen LogP contribution in [0.4, 0.5) is 0 Å². The molecule has 1 aliphatic rings. The summed E-state index contributed by atoms with van der Waals surface area (Å²) in [6, 6.07) is 0. The molecule has 0 aromatic carbocycles. The summed E-state index contributed by atoms with van der Waals surface area (Å²) in [6.07, 6.45) is 41.3. The van der Waals surface area contributed by atoms with Gasteiger partial charge in [-0.3, -0.25) is 18.6 Å². The van der Waals surface area contributed by atoms with Crippen LogP contribution in [-0.2, 0) is 37.4 Å². The van der Waals surface area contributed by atoms with E-state index in [9.17, 15) is 19.0 Å². The summed E-state index contributed by atoms with van der Waals surface area (Å²) in [5, 5.41) is 0. The molecule has 3 unspecified atom stereocenters. The molecular formula is C48H93NO9P+. The summed E-state index contributed by atoms with van der Waals surface area (Å²) in [6.45, 7) is 4.40. The molecule has 0 aromatic rings. The van der Waals surface area contributed by atoms with E-state index in [1.54, 1.807) is 0 Å². The number of quaternary nitrogens is 1. The van der Waals surface area contributed by atoms with Crippen molar-refractivity contribution in [2.24, 2.45) is 0 Å². The molecule has 1 rings (SSSR count). The van der Waals surface area contributed by atoms with E-state index in [4.69, 9.17) is 23.3 Å².